The molecule has 2 N–H and O–H groups in total. The Morgan fingerprint density at radius 3 is 2.41 bits per heavy atom. The fourth-order valence-electron chi connectivity index (χ4n) is 4.61. The lowest BCUT2D eigenvalue weighted by atomic mass is 9.88. The van der Waals surface area contributed by atoms with Gasteiger partial charge in [0.1, 0.15) is 10.9 Å². The lowest BCUT2D eigenvalue weighted by Crippen LogP contribution is -2.50. The number of rotatable bonds is 13. The number of aliphatic hydroxyl groups is 1. The Kier molecular flexibility index (Phi) is 13.7. The summed E-state index contributed by atoms with van der Waals surface area (Å²) in [4.78, 5) is 76.0. The predicted octanol–water partition coefficient (Wildman–Crippen LogP) is 2.33. The highest BCUT2D eigenvalue weighted by Crippen LogP contribution is 2.32. The summed E-state index contributed by atoms with van der Waals surface area (Å²) in [6.07, 6.45) is 4.40. The van der Waals surface area contributed by atoms with Crippen LogP contribution in [0, 0.1) is 42.1 Å². The smallest absolute Gasteiger partial charge is 0.382 e. The number of nitrogens with one attached hydrogen (secondary N) is 1. The Labute approximate surface area is 274 Å². The first kappa shape index (κ1) is 38.2. The molecule has 1 aromatic heterocycles. The fourth-order valence-corrected chi connectivity index (χ4v) is 5.44. The van der Waals surface area contributed by atoms with E-state index in [-0.39, 0.29) is 47.7 Å². The highest BCUT2D eigenvalue weighted by atomic mass is 32.1. The SMILES string of the molecule is C#C[C@@H](CC)[C@H](C#CNC(=O)C(C)(C)N(C)C)C(=O)N(C)[C@H](C[C@@H](OC(C)=O)c1nc(C(=O)ON2C(=O)CCC2O)cs1)C(C)C. The Morgan fingerprint density at radius 1 is 1.26 bits per heavy atom. The normalized spacial score (nSPS) is 17.3. The zero-order valence-electron chi connectivity index (χ0n) is 27.9. The molecule has 46 heavy (non-hydrogen) atoms. The molecule has 3 amide bonds. The summed E-state index contributed by atoms with van der Waals surface area (Å²) in [5.74, 6) is 1.16. The van der Waals surface area contributed by atoms with Gasteiger partial charge >= 0.3 is 11.9 Å². The number of carbonyl (C=O) groups is 5. The molecule has 2 heterocycles. The number of thiazole rings is 1. The van der Waals surface area contributed by atoms with E-state index in [0.29, 0.717) is 11.5 Å². The van der Waals surface area contributed by atoms with Crippen LogP contribution in [0.1, 0.15) is 88.8 Å². The summed E-state index contributed by atoms with van der Waals surface area (Å²) in [7, 11) is 5.16. The number of nitrogens with zero attached hydrogens (tertiary/aromatic N) is 4. The van der Waals surface area contributed by atoms with E-state index in [1.807, 2.05) is 20.8 Å². The molecule has 1 saturated heterocycles. The van der Waals surface area contributed by atoms with Gasteiger partial charge in [-0.25, -0.2) is 9.78 Å². The largest absolute Gasteiger partial charge is 0.455 e. The molecule has 14 heteroatoms. The van der Waals surface area contributed by atoms with Gasteiger partial charge in [0, 0.05) is 56.6 Å². The van der Waals surface area contributed by atoms with E-state index < -0.39 is 53.6 Å². The number of carbonyl (C=O) groups excluding carboxylic acids is 5. The molecule has 252 valence electrons. The van der Waals surface area contributed by atoms with Crippen LogP contribution in [0.4, 0.5) is 0 Å². The molecule has 0 aliphatic carbocycles. The molecule has 1 aromatic rings. The van der Waals surface area contributed by atoms with Crippen molar-refractivity contribution >= 4 is 41.0 Å². The average Bonchev–Trinajstić information content (AvgIpc) is 3.60. The maximum atomic E-state index is 14.0. The third-order valence-electron chi connectivity index (χ3n) is 8.10. The number of aliphatic hydroxyl groups excluding tert-OH is 1. The summed E-state index contributed by atoms with van der Waals surface area (Å²) in [6.45, 7) is 10.4. The van der Waals surface area contributed by atoms with Gasteiger partial charge in [-0.15, -0.1) is 28.7 Å². The first-order valence-electron chi connectivity index (χ1n) is 15.0. The van der Waals surface area contributed by atoms with Crippen molar-refractivity contribution in [3.8, 4) is 24.3 Å². The summed E-state index contributed by atoms with van der Waals surface area (Å²) < 4.78 is 5.60. The fraction of sp³-hybridized carbons (Fsp3) is 0.625. The Balaban J connectivity index is 2.33. The van der Waals surface area contributed by atoms with Gasteiger partial charge in [-0.05, 0) is 40.3 Å². The van der Waals surface area contributed by atoms with Crippen molar-refractivity contribution < 1.29 is 38.7 Å². The standard InChI is InChI=1S/C32H45N5O8S/c1-11-21(12-2)22(15-16-33-31(43)32(6,7)35(8)9)29(41)36(10)24(19(3)4)17-25(44-20(5)38)28-34-23(18-46-28)30(42)45-37-26(39)13-14-27(37)40/h1,18-19,21-22,24-26,39H,12-14,17H2,2-10H3,(H,33,43)/t21-,22-,24+,25+,26?/m0/s1. The molecule has 0 radical (unpaired) electrons. The lowest BCUT2D eigenvalue weighted by molar-refractivity contribution is -0.191. The summed E-state index contributed by atoms with van der Waals surface area (Å²) in [5.41, 5.74) is -0.973. The van der Waals surface area contributed by atoms with Crippen molar-refractivity contribution in [1.29, 1.82) is 0 Å². The number of hydroxylamine groups is 2. The monoisotopic (exact) mass is 659 g/mol. The minimum Gasteiger partial charge on any atom is -0.455 e. The van der Waals surface area contributed by atoms with Gasteiger partial charge in [-0.3, -0.25) is 29.4 Å². The molecule has 2 rings (SSSR count). The van der Waals surface area contributed by atoms with Crippen LogP contribution in [0.3, 0.4) is 0 Å². The third-order valence-corrected chi connectivity index (χ3v) is 9.04. The van der Waals surface area contributed by atoms with E-state index in [0.717, 1.165) is 11.3 Å². The number of terminal acetylenes is 1. The van der Waals surface area contributed by atoms with Gasteiger partial charge in [0.15, 0.2) is 18.0 Å². The second-order valence-electron chi connectivity index (χ2n) is 12.1. The molecule has 0 saturated carbocycles. The molecule has 0 aromatic carbocycles. The van der Waals surface area contributed by atoms with Crippen LogP contribution in [0.15, 0.2) is 5.38 Å². The van der Waals surface area contributed by atoms with Crippen molar-refractivity contribution in [3.05, 3.63) is 16.1 Å². The third kappa shape index (κ3) is 9.52. The zero-order valence-corrected chi connectivity index (χ0v) is 28.8. The Morgan fingerprint density at radius 2 is 1.91 bits per heavy atom. The molecule has 0 bridgehead atoms. The van der Waals surface area contributed by atoms with Gasteiger partial charge in [-0.2, -0.15) is 0 Å². The number of hydrogen-bond acceptors (Lipinski definition) is 11. The van der Waals surface area contributed by atoms with E-state index in [4.69, 9.17) is 16.0 Å². The van der Waals surface area contributed by atoms with E-state index in [1.165, 1.54) is 17.2 Å². The maximum Gasteiger partial charge on any atom is 0.382 e. The van der Waals surface area contributed by atoms with Crippen LogP contribution in [0.25, 0.3) is 0 Å². The number of aromatic nitrogens is 1. The molecule has 0 spiro atoms. The van der Waals surface area contributed by atoms with Crippen molar-refractivity contribution in [1.82, 2.24) is 25.2 Å². The van der Waals surface area contributed by atoms with Crippen molar-refractivity contribution in [3.63, 3.8) is 0 Å². The maximum absolute atomic E-state index is 14.0. The van der Waals surface area contributed by atoms with Gasteiger partial charge < -0.3 is 19.6 Å². The van der Waals surface area contributed by atoms with Crippen LogP contribution in [0.5, 0.6) is 0 Å². The van der Waals surface area contributed by atoms with E-state index >= 15 is 0 Å². The lowest BCUT2D eigenvalue weighted by Gasteiger charge is -2.35. The summed E-state index contributed by atoms with van der Waals surface area (Å²) in [6, 6.07) is 2.17. The van der Waals surface area contributed by atoms with Crippen LogP contribution in [0.2, 0.25) is 0 Å². The molecule has 1 aliphatic heterocycles. The minimum absolute atomic E-state index is 0.0458. The van der Waals surface area contributed by atoms with Crippen molar-refractivity contribution in [2.75, 3.05) is 21.1 Å². The number of amides is 3. The van der Waals surface area contributed by atoms with Gasteiger partial charge in [0.2, 0.25) is 5.91 Å². The van der Waals surface area contributed by atoms with E-state index in [1.54, 1.807) is 39.9 Å². The molecular weight excluding hydrogens is 614 g/mol. The van der Waals surface area contributed by atoms with Crippen LogP contribution < -0.4 is 5.32 Å². The van der Waals surface area contributed by atoms with Crippen LogP contribution in [-0.2, 0) is 28.8 Å². The second-order valence-corrected chi connectivity index (χ2v) is 13.0. The van der Waals surface area contributed by atoms with Gasteiger partial charge in [0.05, 0.1) is 5.54 Å². The number of ether oxygens (including phenoxy) is 1. The second kappa shape index (κ2) is 16.5. The summed E-state index contributed by atoms with van der Waals surface area (Å²) >= 11 is 1.05. The van der Waals surface area contributed by atoms with Crippen molar-refractivity contribution in [2.45, 2.75) is 91.1 Å². The first-order chi connectivity index (χ1) is 21.5. The highest BCUT2D eigenvalue weighted by molar-refractivity contribution is 7.09. The number of likely N-dealkylation sites (N-methyl/N-ethyl adjacent to an activating group) is 1. The highest BCUT2D eigenvalue weighted by Gasteiger charge is 2.37. The molecular formula is C32H45N5O8S. The molecule has 13 nitrogen and oxygen atoms in total. The quantitative estimate of drug-likeness (QED) is 0.183. The summed E-state index contributed by atoms with van der Waals surface area (Å²) in [5, 5.41) is 14.8. The molecule has 1 aliphatic rings. The Bertz CT molecular complexity index is 1390. The topological polar surface area (TPSA) is 159 Å². The number of hydrogen-bond donors (Lipinski definition) is 2. The van der Waals surface area contributed by atoms with Gasteiger partial charge in [-0.1, -0.05) is 26.7 Å². The predicted molar refractivity (Wildman–Crippen MR) is 170 cm³/mol. The molecule has 1 unspecified atom stereocenters. The molecule has 5 atom stereocenters. The van der Waals surface area contributed by atoms with Crippen LogP contribution >= 0.6 is 11.3 Å². The Hall–Kier alpha value is -3.98. The zero-order chi connectivity index (χ0) is 34.9. The average molecular weight is 660 g/mol. The van der Waals surface area contributed by atoms with E-state index in [2.05, 4.69) is 28.2 Å². The van der Waals surface area contributed by atoms with Crippen LogP contribution in [-0.4, -0.2) is 93.6 Å². The molecule has 1 fully saturated rings. The van der Waals surface area contributed by atoms with Crippen molar-refractivity contribution in [2.24, 2.45) is 17.8 Å². The van der Waals surface area contributed by atoms with Gasteiger partial charge in [0.25, 0.3) is 11.8 Å². The first-order valence-corrected chi connectivity index (χ1v) is 15.9. The van der Waals surface area contributed by atoms with E-state index in [9.17, 15) is 29.1 Å². The number of esters is 1. The minimum atomic E-state index is -1.24.